The molecule has 3 aliphatic carbocycles. The van der Waals surface area contributed by atoms with Crippen LogP contribution in [-0.2, 0) is 38.7 Å². The van der Waals surface area contributed by atoms with Gasteiger partial charge in [0, 0.05) is 18.3 Å². The third-order valence-corrected chi connectivity index (χ3v) is 9.00. The number of rotatable bonds is 9. The molecule has 1 saturated heterocycles. The molecule has 0 aromatic heterocycles. The van der Waals surface area contributed by atoms with Crippen molar-refractivity contribution in [2.24, 2.45) is 29.1 Å². The molecular weight excluding hydrogens is 485 g/mol. The van der Waals surface area contributed by atoms with Crippen molar-refractivity contribution < 1.29 is 54.7 Å². The van der Waals surface area contributed by atoms with Crippen LogP contribution in [0.4, 0.5) is 13.2 Å². The summed E-state index contributed by atoms with van der Waals surface area (Å²) in [5, 5.41) is -5.05. The van der Waals surface area contributed by atoms with E-state index in [4.69, 9.17) is 18.8 Å². The lowest BCUT2D eigenvalue weighted by Crippen LogP contribution is -2.46. The summed E-state index contributed by atoms with van der Waals surface area (Å²) in [6.07, 6.45) is -1.80. The number of carbonyl (C=O) groups excluding carboxylic acids is 3. The van der Waals surface area contributed by atoms with Crippen molar-refractivity contribution in [2.75, 3.05) is 6.61 Å². The minimum absolute atomic E-state index is 0.355. The summed E-state index contributed by atoms with van der Waals surface area (Å²) in [5.74, 6) is -4.77. The number of ether oxygens (including phenoxy) is 3. The summed E-state index contributed by atoms with van der Waals surface area (Å²) in [6.45, 7) is 1.01. The number of halogens is 3. The molecule has 7 unspecified atom stereocenters. The minimum Gasteiger partial charge on any atom is -0.465 e. The topological polar surface area (TPSA) is 133 Å². The lowest BCUT2D eigenvalue weighted by Gasteiger charge is -2.33. The van der Waals surface area contributed by atoms with Gasteiger partial charge in [0.15, 0.2) is 6.17 Å². The van der Waals surface area contributed by atoms with Crippen LogP contribution in [0.3, 0.4) is 0 Å². The first-order valence-electron chi connectivity index (χ1n) is 11.4. The van der Waals surface area contributed by atoms with Gasteiger partial charge in [0.1, 0.15) is 12.2 Å². The Morgan fingerprint density at radius 1 is 1.26 bits per heavy atom. The normalized spacial score (nSPS) is 34.7. The second-order valence-corrected chi connectivity index (χ2v) is 11.2. The summed E-state index contributed by atoms with van der Waals surface area (Å²) in [5.41, 5.74) is -0.603. The molecule has 0 aromatic carbocycles. The Hall–Kier alpha value is -1.89. The summed E-state index contributed by atoms with van der Waals surface area (Å²) in [6, 6.07) is 0. The van der Waals surface area contributed by atoms with Gasteiger partial charge in [0.25, 0.3) is 0 Å². The predicted octanol–water partition coefficient (Wildman–Crippen LogP) is 2.43. The zero-order chi connectivity index (χ0) is 25.1. The molecule has 4 fully saturated rings. The van der Waals surface area contributed by atoms with E-state index < -0.39 is 81.9 Å². The van der Waals surface area contributed by atoms with Gasteiger partial charge in [-0.05, 0) is 25.7 Å². The lowest BCUT2D eigenvalue weighted by molar-refractivity contribution is -0.175. The van der Waals surface area contributed by atoms with Crippen LogP contribution >= 0.6 is 0 Å². The number of alkyl halides is 3. The SMILES string of the molecule is CCC1(C(=O)OC2C3CC4C2OC(=O)C4C3C(=O)OCCC(F)C(F)(F)S(=O)(=O)O)CCCC1. The van der Waals surface area contributed by atoms with Crippen LogP contribution in [-0.4, -0.2) is 61.1 Å². The van der Waals surface area contributed by atoms with E-state index in [0.29, 0.717) is 25.7 Å². The maximum absolute atomic E-state index is 13.7. The molecule has 1 N–H and O–H groups in total. The first kappa shape index (κ1) is 25.2. The van der Waals surface area contributed by atoms with Crippen molar-refractivity contribution in [3.63, 3.8) is 0 Å². The van der Waals surface area contributed by atoms with E-state index in [1.165, 1.54) is 0 Å². The highest BCUT2D eigenvalue weighted by atomic mass is 32.2. The Bertz CT molecular complexity index is 963. The smallest absolute Gasteiger partial charge is 0.400 e. The maximum Gasteiger partial charge on any atom is 0.400 e. The van der Waals surface area contributed by atoms with Crippen LogP contribution in [0.5, 0.6) is 0 Å². The largest absolute Gasteiger partial charge is 0.465 e. The summed E-state index contributed by atoms with van der Waals surface area (Å²) in [4.78, 5) is 38.2. The molecule has 0 amide bonds. The Kier molecular flexibility index (Phi) is 6.41. The lowest BCUT2D eigenvalue weighted by atomic mass is 9.78. The molecular formula is C21H27F3O9S. The van der Waals surface area contributed by atoms with Gasteiger partial charge in [0.2, 0.25) is 0 Å². The third-order valence-electron chi connectivity index (χ3n) is 8.06. The van der Waals surface area contributed by atoms with E-state index in [9.17, 15) is 36.0 Å². The molecule has 0 radical (unpaired) electrons. The van der Waals surface area contributed by atoms with Gasteiger partial charge >= 0.3 is 33.3 Å². The molecule has 2 bridgehead atoms. The summed E-state index contributed by atoms with van der Waals surface area (Å²) in [7, 11) is -5.98. The summed E-state index contributed by atoms with van der Waals surface area (Å²) < 4.78 is 86.3. The molecule has 0 aromatic rings. The zero-order valence-corrected chi connectivity index (χ0v) is 19.3. The quantitative estimate of drug-likeness (QED) is 0.281. The van der Waals surface area contributed by atoms with Crippen molar-refractivity contribution in [3.05, 3.63) is 0 Å². The number of esters is 3. The highest BCUT2D eigenvalue weighted by molar-refractivity contribution is 7.86. The first-order valence-corrected chi connectivity index (χ1v) is 12.8. The molecule has 4 rings (SSSR count). The average Bonchev–Trinajstić information content (AvgIpc) is 3.50. The van der Waals surface area contributed by atoms with E-state index in [1.807, 2.05) is 6.92 Å². The number of carbonyl (C=O) groups is 3. The second kappa shape index (κ2) is 8.65. The van der Waals surface area contributed by atoms with Crippen molar-refractivity contribution in [1.29, 1.82) is 0 Å². The highest BCUT2D eigenvalue weighted by Gasteiger charge is 2.70. The number of hydrogen-bond donors (Lipinski definition) is 1. The molecule has 3 saturated carbocycles. The second-order valence-electron chi connectivity index (χ2n) is 9.69. The van der Waals surface area contributed by atoms with Crippen LogP contribution in [0.15, 0.2) is 0 Å². The average molecular weight is 512 g/mol. The van der Waals surface area contributed by atoms with E-state index in [-0.39, 0.29) is 11.9 Å². The molecule has 1 heterocycles. The van der Waals surface area contributed by atoms with Gasteiger partial charge in [0.05, 0.1) is 23.9 Å². The Morgan fingerprint density at radius 2 is 1.91 bits per heavy atom. The molecule has 4 aliphatic rings. The first-order chi connectivity index (χ1) is 15.8. The monoisotopic (exact) mass is 512 g/mol. The van der Waals surface area contributed by atoms with Crippen LogP contribution in [0.2, 0.25) is 0 Å². The Morgan fingerprint density at radius 3 is 2.50 bits per heavy atom. The van der Waals surface area contributed by atoms with Gasteiger partial charge in [-0.25, -0.2) is 4.39 Å². The van der Waals surface area contributed by atoms with Gasteiger partial charge in [-0.1, -0.05) is 19.8 Å². The minimum atomic E-state index is -5.98. The van der Waals surface area contributed by atoms with Gasteiger partial charge < -0.3 is 14.2 Å². The molecule has 9 nitrogen and oxygen atoms in total. The fourth-order valence-corrected chi connectivity index (χ4v) is 6.60. The van der Waals surface area contributed by atoms with Gasteiger partial charge in [-0.3, -0.25) is 18.9 Å². The van der Waals surface area contributed by atoms with Crippen LogP contribution in [0.25, 0.3) is 0 Å². The fourth-order valence-electron chi connectivity index (χ4n) is 6.16. The highest BCUT2D eigenvalue weighted by Crippen LogP contribution is 2.59. The van der Waals surface area contributed by atoms with Crippen molar-refractivity contribution in [3.8, 4) is 0 Å². The fraction of sp³-hybridized carbons (Fsp3) is 0.857. The summed E-state index contributed by atoms with van der Waals surface area (Å²) >= 11 is 0. The van der Waals surface area contributed by atoms with Crippen LogP contribution in [0.1, 0.15) is 51.9 Å². The van der Waals surface area contributed by atoms with E-state index in [1.54, 1.807) is 0 Å². The Balaban J connectivity index is 1.42. The standard InChI is InChI=1S/C21H27F3O9S/c1-2-20(6-3-4-7-20)19(27)33-16-10-9-11-14(18(26)32-15(11)16)13(10)17(25)31-8-5-12(22)21(23,24)34(28,29)30/h10-16H,2-9H2,1H3,(H,28,29,30). The zero-order valence-electron chi connectivity index (χ0n) is 18.5. The van der Waals surface area contributed by atoms with Crippen molar-refractivity contribution in [1.82, 2.24) is 0 Å². The van der Waals surface area contributed by atoms with Crippen LogP contribution < -0.4 is 0 Å². The molecule has 0 spiro atoms. The molecule has 7 atom stereocenters. The third kappa shape index (κ3) is 3.88. The van der Waals surface area contributed by atoms with E-state index in [2.05, 4.69) is 0 Å². The van der Waals surface area contributed by atoms with Gasteiger partial charge in [-0.2, -0.15) is 17.2 Å². The Labute approximate surface area is 194 Å². The van der Waals surface area contributed by atoms with E-state index >= 15 is 0 Å². The number of fused-ring (bicyclic) bond motifs is 1. The molecule has 34 heavy (non-hydrogen) atoms. The van der Waals surface area contributed by atoms with Crippen LogP contribution in [0, 0.1) is 29.1 Å². The molecule has 192 valence electrons. The molecule has 13 heteroatoms. The molecule has 1 aliphatic heterocycles. The number of hydrogen-bond acceptors (Lipinski definition) is 8. The maximum atomic E-state index is 13.7. The van der Waals surface area contributed by atoms with Crippen molar-refractivity contribution in [2.45, 2.75) is 75.5 Å². The van der Waals surface area contributed by atoms with Gasteiger partial charge in [-0.15, -0.1) is 0 Å². The van der Waals surface area contributed by atoms with E-state index in [0.717, 1.165) is 12.8 Å². The van der Waals surface area contributed by atoms with Crippen molar-refractivity contribution >= 4 is 28.0 Å². The predicted molar refractivity (Wildman–Crippen MR) is 106 cm³/mol.